The molecule has 2 rings (SSSR count). The lowest BCUT2D eigenvalue weighted by atomic mass is 10.1. The molecule has 1 aromatic carbocycles. The number of benzene rings is 1. The van der Waals surface area contributed by atoms with E-state index in [1.807, 2.05) is 0 Å². The number of anilines is 1. The second-order valence-electron chi connectivity index (χ2n) is 4.62. The Bertz CT molecular complexity index is 543. The molecule has 0 bridgehead atoms. The van der Waals surface area contributed by atoms with Crippen LogP contribution in [-0.2, 0) is 4.79 Å². The van der Waals surface area contributed by atoms with Gasteiger partial charge in [-0.25, -0.2) is 8.78 Å². The number of carbonyl (C=O) groups is 2. The molecule has 108 valence electrons. The Hall–Kier alpha value is -2.18. The number of rotatable bonds is 3. The summed E-state index contributed by atoms with van der Waals surface area (Å²) >= 11 is 0. The van der Waals surface area contributed by atoms with Crippen molar-refractivity contribution in [3.8, 4) is 0 Å². The molecular formula is C13H15F2N3O2. The zero-order valence-electron chi connectivity index (χ0n) is 10.8. The lowest BCUT2D eigenvalue weighted by molar-refractivity contribution is -0.129. The topological polar surface area (TPSA) is 75.4 Å². The van der Waals surface area contributed by atoms with E-state index in [0.29, 0.717) is 13.1 Å². The molecule has 20 heavy (non-hydrogen) atoms. The summed E-state index contributed by atoms with van der Waals surface area (Å²) < 4.78 is 26.0. The molecule has 0 atom stereocenters. The Morgan fingerprint density at radius 1 is 1.20 bits per heavy atom. The minimum atomic E-state index is -1.16. The van der Waals surface area contributed by atoms with Crippen LogP contribution in [0.5, 0.6) is 0 Å². The first-order valence-corrected chi connectivity index (χ1v) is 6.29. The quantitative estimate of drug-likeness (QED) is 0.809. The molecule has 0 saturated carbocycles. The van der Waals surface area contributed by atoms with E-state index in [0.717, 1.165) is 25.0 Å². The summed E-state index contributed by atoms with van der Waals surface area (Å²) in [4.78, 5) is 25.2. The van der Waals surface area contributed by atoms with E-state index < -0.39 is 17.5 Å². The molecular weight excluding hydrogens is 268 g/mol. The van der Waals surface area contributed by atoms with Gasteiger partial charge in [0, 0.05) is 24.8 Å². The molecule has 0 radical (unpaired) electrons. The Kier molecular flexibility index (Phi) is 4.16. The molecule has 1 aliphatic rings. The van der Waals surface area contributed by atoms with Crippen LogP contribution in [0.1, 0.15) is 23.2 Å². The normalized spacial score (nSPS) is 14.4. The van der Waals surface area contributed by atoms with Gasteiger partial charge in [0.15, 0.2) is 11.6 Å². The molecule has 2 amide bonds. The zero-order chi connectivity index (χ0) is 14.7. The smallest absolute Gasteiger partial charge is 0.253 e. The third-order valence-corrected chi connectivity index (χ3v) is 3.20. The van der Waals surface area contributed by atoms with Gasteiger partial charge in [0.2, 0.25) is 5.91 Å². The number of hydrogen-bond acceptors (Lipinski definition) is 3. The molecule has 1 aliphatic heterocycles. The van der Waals surface area contributed by atoms with Crippen LogP contribution in [0.4, 0.5) is 14.5 Å². The molecule has 3 N–H and O–H groups in total. The van der Waals surface area contributed by atoms with E-state index in [2.05, 4.69) is 5.32 Å². The molecule has 0 unspecified atom stereocenters. The number of likely N-dealkylation sites (tertiary alicyclic amines) is 1. The summed E-state index contributed by atoms with van der Waals surface area (Å²) in [6.07, 6.45) is 1.91. The van der Waals surface area contributed by atoms with Crippen molar-refractivity contribution in [2.75, 3.05) is 25.4 Å². The molecule has 0 spiro atoms. The van der Waals surface area contributed by atoms with Crippen LogP contribution in [0.3, 0.4) is 0 Å². The first-order valence-electron chi connectivity index (χ1n) is 6.29. The van der Waals surface area contributed by atoms with E-state index in [-0.39, 0.29) is 23.7 Å². The van der Waals surface area contributed by atoms with Crippen molar-refractivity contribution >= 4 is 17.5 Å². The van der Waals surface area contributed by atoms with Crippen molar-refractivity contribution < 1.29 is 18.4 Å². The van der Waals surface area contributed by atoms with Gasteiger partial charge >= 0.3 is 0 Å². The lowest BCUT2D eigenvalue weighted by Gasteiger charge is -2.15. The Labute approximate surface area is 114 Å². The number of nitrogens with zero attached hydrogens (tertiary/aromatic N) is 1. The maximum absolute atomic E-state index is 13.1. The van der Waals surface area contributed by atoms with Crippen LogP contribution < -0.4 is 11.1 Å². The zero-order valence-corrected chi connectivity index (χ0v) is 10.8. The van der Waals surface area contributed by atoms with Crippen LogP contribution in [-0.4, -0.2) is 36.3 Å². The van der Waals surface area contributed by atoms with Crippen molar-refractivity contribution in [3.05, 3.63) is 29.3 Å². The SMILES string of the molecule is Nc1cc(F)c(F)cc1C(=O)NCC(=O)N1CCCC1. The average molecular weight is 283 g/mol. The summed E-state index contributed by atoms with van der Waals surface area (Å²) in [5.41, 5.74) is 5.10. The van der Waals surface area contributed by atoms with Gasteiger partial charge in [-0.1, -0.05) is 0 Å². The molecule has 5 nitrogen and oxygen atoms in total. The number of amides is 2. The van der Waals surface area contributed by atoms with Crippen LogP contribution in [0.25, 0.3) is 0 Å². The molecule has 1 fully saturated rings. The highest BCUT2D eigenvalue weighted by Crippen LogP contribution is 2.16. The van der Waals surface area contributed by atoms with Crippen LogP contribution in [0.2, 0.25) is 0 Å². The summed E-state index contributed by atoms with van der Waals surface area (Å²) in [6.45, 7) is 1.18. The number of hydrogen-bond donors (Lipinski definition) is 2. The number of carbonyl (C=O) groups excluding carboxylic acids is 2. The number of halogens is 2. The minimum absolute atomic E-state index is 0.171. The number of nitrogens with two attached hydrogens (primary N) is 1. The summed E-state index contributed by atoms with van der Waals surface area (Å²) in [6, 6.07) is 1.47. The Morgan fingerprint density at radius 2 is 1.80 bits per heavy atom. The van der Waals surface area contributed by atoms with Crippen molar-refractivity contribution in [1.82, 2.24) is 10.2 Å². The standard InChI is InChI=1S/C13H15F2N3O2/c14-9-5-8(11(16)6-10(9)15)13(20)17-7-12(19)18-3-1-2-4-18/h5-6H,1-4,7,16H2,(H,17,20). The maximum Gasteiger partial charge on any atom is 0.253 e. The lowest BCUT2D eigenvalue weighted by Crippen LogP contribution is -2.38. The maximum atomic E-state index is 13.1. The first kappa shape index (κ1) is 14.2. The van der Waals surface area contributed by atoms with Crippen LogP contribution >= 0.6 is 0 Å². The van der Waals surface area contributed by atoms with E-state index >= 15 is 0 Å². The van der Waals surface area contributed by atoms with Crippen molar-refractivity contribution in [2.45, 2.75) is 12.8 Å². The fraction of sp³-hybridized carbons (Fsp3) is 0.385. The van der Waals surface area contributed by atoms with Gasteiger partial charge in [-0.05, 0) is 18.9 Å². The van der Waals surface area contributed by atoms with E-state index in [9.17, 15) is 18.4 Å². The van der Waals surface area contributed by atoms with Crippen molar-refractivity contribution in [1.29, 1.82) is 0 Å². The molecule has 1 aromatic rings. The Balaban J connectivity index is 1.98. The third-order valence-electron chi connectivity index (χ3n) is 3.20. The van der Waals surface area contributed by atoms with E-state index in [1.54, 1.807) is 4.90 Å². The van der Waals surface area contributed by atoms with Crippen LogP contribution in [0, 0.1) is 11.6 Å². The fourth-order valence-electron chi connectivity index (χ4n) is 2.09. The number of nitrogens with one attached hydrogen (secondary N) is 1. The van der Waals surface area contributed by atoms with Gasteiger partial charge in [0.1, 0.15) is 0 Å². The molecule has 7 heteroatoms. The second kappa shape index (κ2) is 5.85. The highest BCUT2D eigenvalue weighted by Gasteiger charge is 2.19. The predicted octanol–water partition coefficient (Wildman–Crippen LogP) is 0.899. The minimum Gasteiger partial charge on any atom is -0.398 e. The van der Waals surface area contributed by atoms with Gasteiger partial charge in [0.25, 0.3) is 5.91 Å². The van der Waals surface area contributed by atoms with Gasteiger partial charge in [-0.15, -0.1) is 0 Å². The third kappa shape index (κ3) is 3.04. The van der Waals surface area contributed by atoms with E-state index in [1.165, 1.54) is 0 Å². The summed E-state index contributed by atoms with van der Waals surface area (Å²) in [5, 5.41) is 2.36. The summed E-state index contributed by atoms with van der Waals surface area (Å²) in [5.74, 6) is -3.17. The van der Waals surface area contributed by atoms with Crippen molar-refractivity contribution in [3.63, 3.8) is 0 Å². The van der Waals surface area contributed by atoms with Crippen LogP contribution in [0.15, 0.2) is 12.1 Å². The summed E-state index contributed by atoms with van der Waals surface area (Å²) in [7, 11) is 0. The Morgan fingerprint density at radius 3 is 2.45 bits per heavy atom. The first-order chi connectivity index (χ1) is 9.49. The second-order valence-corrected chi connectivity index (χ2v) is 4.62. The fourth-order valence-corrected chi connectivity index (χ4v) is 2.09. The van der Waals surface area contributed by atoms with Gasteiger partial charge in [-0.2, -0.15) is 0 Å². The molecule has 0 aliphatic carbocycles. The van der Waals surface area contributed by atoms with Gasteiger partial charge in [0.05, 0.1) is 12.1 Å². The highest BCUT2D eigenvalue weighted by atomic mass is 19.2. The van der Waals surface area contributed by atoms with E-state index in [4.69, 9.17) is 5.73 Å². The monoisotopic (exact) mass is 283 g/mol. The molecule has 0 aromatic heterocycles. The van der Waals surface area contributed by atoms with Gasteiger partial charge < -0.3 is 16.0 Å². The predicted molar refractivity (Wildman–Crippen MR) is 68.9 cm³/mol. The highest BCUT2D eigenvalue weighted by molar-refractivity contribution is 6.00. The molecule has 1 heterocycles. The number of nitrogen functional groups attached to an aromatic ring is 1. The molecule has 1 saturated heterocycles. The average Bonchev–Trinajstić information content (AvgIpc) is 2.94. The van der Waals surface area contributed by atoms with Crippen molar-refractivity contribution in [2.24, 2.45) is 0 Å². The largest absolute Gasteiger partial charge is 0.398 e. The van der Waals surface area contributed by atoms with Gasteiger partial charge in [-0.3, -0.25) is 9.59 Å².